The fourth-order valence-electron chi connectivity index (χ4n) is 2.16. The number of para-hydroxylation sites is 1. The lowest BCUT2D eigenvalue weighted by Gasteiger charge is -2.13. The Hall–Kier alpha value is -2.47. The Morgan fingerprint density at radius 2 is 2.04 bits per heavy atom. The van der Waals surface area contributed by atoms with Crippen molar-refractivity contribution in [3.8, 4) is 0 Å². The van der Waals surface area contributed by atoms with E-state index in [0.29, 0.717) is 30.6 Å². The van der Waals surface area contributed by atoms with Crippen LogP contribution in [0.3, 0.4) is 0 Å². The third-order valence-corrected chi connectivity index (χ3v) is 3.34. The Bertz CT molecular complexity index is 659. The zero-order valence-electron chi connectivity index (χ0n) is 13.7. The lowest BCUT2D eigenvalue weighted by molar-refractivity contribution is 0.102. The van der Waals surface area contributed by atoms with Crippen LogP contribution in [-0.2, 0) is 4.74 Å². The van der Waals surface area contributed by atoms with Crippen molar-refractivity contribution in [2.45, 2.75) is 19.8 Å². The highest BCUT2D eigenvalue weighted by Gasteiger charge is 2.12. The highest BCUT2D eigenvalue weighted by molar-refractivity contribution is 6.03. The lowest BCUT2D eigenvalue weighted by atomic mass is 10.0. The molecule has 0 saturated heterocycles. The molecule has 23 heavy (non-hydrogen) atoms. The molecular weight excluding hydrogens is 292 g/mol. The summed E-state index contributed by atoms with van der Waals surface area (Å²) < 4.78 is 4.97. The molecule has 0 saturated carbocycles. The van der Waals surface area contributed by atoms with Gasteiger partial charge in [-0.3, -0.25) is 4.79 Å². The average Bonchev–Trinajstić information content (AvgIpc) is 2.55. The van der Waals surface area contributed by atoms with Gasteiger partial charge >= 0.3 is 0 Å². The van der Waals surface area contributed by atoms with Gasteiger partial charge in [0.2, 0.25) is 0 Å². The predicted octanol–water partition coefficient (Wildman–Crippen LogP) is 2.91. The van der Waals surface area contributed by atoms with Gasteiger partial charge in [-0.25, -0.2) is 9.97 Å². The predicted molar refractivity (Wildman–Crippen MR) is 90.9 cm³/mol. The quantitative estimate of drug-likeness (QED) is 0.769. The molecule has 0 aliphatic heterocycles. The van der Waals surface area contributed by atoms with Crippen molar-refractivity contribution in [2.75, 3.05) is 30.9 Å². The molecule has 0 fully saturated rings. The summed E-state index contributed by atoms with van der Waals surface area (Å²) in [5.74, 6) is 0.665. The largest absolute Gasteiger partial charge is 0.383 e. The number of hydrogen-bond acceptors (Lipinski definition) is 5. The molecule has 1 aromatic carbocycles. The van der Waals surface area contributed by atoms with E-state index in [2.05, 4.69) is 34.4 Å². The fraction of sp³-hybridized carbons (Fsp3) is 0.353. The van der Waals surface area contributed by atoms with Crippen molar-refractivity contribution in [2.24, 2.45) is 0 Å². The second-order valence-corrected chi connectivity index (χ2v) is 5.40. The molecule has 0 unspecified atom stereocenters. The zero-order chi connectivity index (χ0) is 16.7. The Labute approximate surface area is 136 Å². The Morgan fingerprint density at radius 3 is 2.78 bits per heavy atom. The van der Waals surface area contributed by atoms with Crippen molar-refractivity contribution in [1.29, 1.82) is 0 Å². The van der Waals surface area contributed by atoms with Gasteiger partial charge in [-0.1, -0.05) is 32.0 Å². The summed E-state index contributed by atoms with van der Waals surface area (Å²) in [4.78, 5) is 20.5. The zero-order valence-corrected chi connectivity index (χ0v) is 13.7. The summed E-state index contributed by atoms with van der Waals surface area (Å²) in [5.41, 5.74) is 2.21. The van der Waals surface area contributed by atoms with Crippen LogP contribution in [0.2, 0.25) is 0 Å². The summed E-state index contributed by atoms with van der Waals surface area (Å²) in [5, 5.41) is 6.00. The first-order valence-electron chi connectivity index (χ1n) is 7.57. The van der Waals surface area contributed by atoms with Crippen LogP contribution in [0.5, 0.6) is 0 Å². The van der Waals surface area contributed by atoms with Crippen LogP contribution in [0.25, 0.3) is 0 Å². The maximum absolute atomic E-state index is 12.4. The van der Waals surface area contributed by atoms with E-state index in [0.717, 1.165) is 11.3 Å². The molecule has 2 aromatic rings. The molecule has 0 spiro atoms. The molecule has 2 N–H and O–H groups in total. The van der Waals surface area contributed by atoms with Crippen molar-refractivity contribution in [3.63, 3.8) is 0 Å². The maximum atomic E-state index is 12.4. The Morgan fingerprint density at radius 1 is 1.26 bits per heavy atom. The van der Waals surface area contributed by atoms with E-state index in [1.807, 2.05) is 24.3 Å². The SMILES string of the molecule is COCCNc1cc(C(=O)Nc2ccccc2C(C)C)ncn1. The second kappa shape index (κ2) is 8.24. The van der Waals surface area contributed by atoms with Gasteiger partial charge in [0.1, 0.15) is 17.8 Å². The number of methoxy groups -OCH3 is 1. The van der Waals surface area contributed by atoms with Crippen LogP contribution in [0, 0.1) is 0 Å². The minimum atomic E-state index is -0.254. The number of anilines is 2. The molecule has 0 aliphatic rings. The van der Waals surface area contributed by atoms with Gasteiger partial charge < -0.3 is 15.4 Å². The smallest absolute Gasteiger partial charge is 0.274 e. The first-order valence-corrected chi connectivity index (χ1v) is 7.57. The topological polar surface area (TPSA) is 76.1 Å². The number of ether oxygens (including phenoxy) is 1. The van der Waals surface area contributed by atoms with Crippen molar-refractivity contribution in [3.05, 3.63) is 47.9 Å². The monoisotopic (exact) mass is 314 g/mol. The standard InChI is InChI=1S/C17H22N4O2/c1-12(2)13-6-4-5-7-14(13)21-17(22)15-10-16(20-11-19-15)18-8-9-23-3/h4-7,10-12H,8-9H2,1-3H3,(H,21,22)(H,18,19,20). The number of hydrogen-bond donors (Lipinski definition) is 2. The summed E-state index contributed by atoms with van der Waals surface area (Å²) >= 11 is 0. The van der Waals surface area contributed by atoms with E-state index in [9.17, 15) is 4.79 Å². The van der Waals surface area contributed by atoms with Gasteiger partial charge in [0.15, 0.2) is 0 Å². The molecule has 0 aliphatic carbocycles. The number of amides is 1. The van der Waals surface area contributed by atoms with E-state index in [4.69, 9.17) is 4.74 Å². The van der Waals surface area contributed by atoms with E-state index < -0.39 is 0 Å². The lowest BCUT2D eigenvalue weighted by Crippen LogP contribution is -2.16. The number of carbonyl (C=O) groups excluding carboxylic acids is 1. The van der Waals surface area contributed by atoms with Crippen molar-refractivity contribution in [1.82, 2.24) is 9.97 Å². The fourth-order valence-corrected chi connectivity index (χ4v) is 2.16. The number of carbonyl (C=O) groups is 1. The molecule has 6 nitrogen and oxygen atoms in total. The van der Waals surface area contributed by atoms with Gasteiger partial charge in [-0.15, -0.1) is 0 Å². The third-order valence-electron chi connectivity index (χ3n) is 3.34. The highest BCUT2D eigenvalue weighted by Crippen LogP contribution is 2.24. The molecule has 0 atom stereocenters. The summed E-state index contributed by atoms with van der Waals surface area (Å²) in [6, 6.07) is 9.40. The van der Waals surface area contributed by atoms with E-state index in [1.54, 1.807) is 13.2 Å². The van der Waals surface area contributed by atoms with Gasteiger partial charge in [-0.05, 0) is 17.5 Å². The normalized spacial score (nSPS) is 10.6. The van der Waals surface area contributed by atoms with E-state index in [1.165, 1.54) is 6.33 Å². The van der Waals surface area contributed by atoms with Gasteiger partial charge in [-0.2, -0.15) is 0 Å². The summed E-state index contributed by atoms with van der Waals surface area (Å²) in [6.45, 7) is 5.36. The molecular formula is C17H22N4O2. The van der Waals surface area contributed by atoms with Crippen molar-refractivity contribution < 1.29 is 9.53 Å². The number of nitrogens with one attached hydrogen (secondary N) is 2. The summed E-state index contributed by atoms with van der Waals surface area (Å²) in [6.07, 6.45) is 1.37. The Kier molecular flexibility index (Phi) is 6.05. The first kappa shape index (κ1) is 16.9. The molecule has 6 heteroatoms. The van der Waals surface area contributed by atoms with Crippen LogP contribution in [0.4, 0.5) is 11.5 Å². The van der Waals surface area contributed by atoms with Crippen LogP contribution >= 0.6 is 0 Å². The van der Waals surface area contributed by atoms with E-state index >= 15 is 0 Å². The minimum absolute atomic E-state index is 0.254. The molecule has 2 rings (SSSR count). The molecule has 0 radical (unpaired) electrons. The summed E-state index contributed by atoms with van der Waals surface area (Å²) in [7, 11) is 1.63. The van der Waals surface area contributed by atoms with E-state index in [-0.39, 0.29) is 5.91 Å². The van der Waals surface area contributed by atoms with Gasteiger partial charge in [0, 0.05) is 25.4 Å². The Balaban J connectivity index is 2.10. The molecule has 1 heterocycles. The number of benzene rings is 1. The molecule has 1 amide bonds. The maximum Gasteiger partial charge on any atom is 0.274 e. The van der Waals surface area contributed by atoms with Crippen LogP contribution in [0.15, 0.2) is 36.7 Å². The number of nitrogens with zero attached hydrogens (tertiary/aromatic N) is 2. The molecule has 0 bridgehead atoms. The molecule has 1 aromatic heterocycles. The van der Waals surface area contributed by atoms with Gasteiger partial charge in [0.05, 0.1) is 6.61 Å². The van der Waals surface area contributed by atoms with Gasteiger partial charge in [0.25, 0.3) is 5.91 Å². The van der Waals surface area contributed by atoms with Crippen LogP contribution < -0.4 is 10.6 Å². The van der Waals surface area contributed by atoms with Crippen molar-refractivity contribution >= 4 is 17.4 Å². The molecule has 122 valence electrons. The second-order valence-electron chi connectivity index (χ2n) is 5.40. The third kappa shape index (κ3) is 4.75. The first-order chi connectivity index (χ1) is 11.1. The highest BCUT2D eigenvalue weighted by atomic mass is 16.5. The average molecular weight is 314 g/mol. The number of rotatable bonds is 7. The van der Waals surface area contributed by atoms with Crippen LogP contribution in [0.1, 0.15) is 35.8 Å². The van der Waals surface area contributed by atoms with Crippen LogP contribution in [-0.4, -0.2) is 36.1 Å². The number of aromatic nitrogens is 2. The minimum Gasteiger partial charge on any atom is -0.383 e.